The zero-order valence-corrected chi connectivity index (χ0v) is 77.0. The minimum absolute atomic E-state index is 0.102. The van der Waals surface area contributed by atoms with E-state index in [1.165, 1.54) is 158 Å². The molecule has 2 aliphatic carbocycles. The lowest BCUT2D eigenvalue weighted by atomic mass is 9.70. The number of fused-ring (bicyclic) bond motifs is 11. The number of benzene rings is 22. The highest BCUT2D eigenvalue weighted by Crippen LogP contribution is 2.52. The van der Waals surface area contributed by atoms with Crippen molar-refractivity contribution in [2.45, 2.75) is 13.1 Å². The molecule has 0 saturated heterocycles. The Morgan fingerprint density at radius 2 is 0.679 bits per heavy atom. The molecule has 1 aliphatic heterocycles. The number of hydrogen-bond donors (Lipinski definition) is 1. The molecule has 2 aromatic heterocycles. The van der Waals surface area contributed by atoms with Gasteiger partial charge in [0.1, 0.15) is 17.8 Å². The fourth-order valence-corrected chi connectivity index (χ4v) is 22.1. The Kier molecular flexibility index (Phi) is 21.4. The number of anilines is 3. The van der Waals surface area contributed by atoms with E-state index in [9.17, 15) is 0 Å². The van der Waals surface area contributed by atoms with Crippen LogP contribution in [0.3, 0.4) is 0 Å². The molecule has 3 heterocycles. The van der Waals surface area contributed by atoms with Crippen molar-refractivity contribution in [1.82, 2.24) is 19.1 Å². The second-order valence-electron chi connectivity index (χ2n) is 36.5. The number of aryl methyl sites for hydroxylation is 1. The second-order valence-corrected chi connectivity index (χ2v) is 36.5. The highest BCUT2D eigenvalue weighted by molar-refractivity contribution is 6.23. The van der Waals surface area contributed by atoms with E-state index in [0.717, 1.165) is 84.8 Å². The molecule has 27 rings (SSSR count). The topological polar surface area (TPSA) is 50.9 Å². The number of para-hydroxylation sites is 3. The summed E-state index contributed by atoms with van der Waals surface area (Å²) in [6.45, 7) is 2.07. The van der Waals surface area contributed by atoms with Crippen molar-refractivity contribution in [1.29, 1.82) is 0 Å². The number of nitrogens with zero attached hydrogens (tertiary/aromatic N) is 5. The van der Waals surface area contributed by atoms with E-state index in [0.29, 0.717) is 0 Å². The maximum Gasteiger partial charge on any atom is 0.145 e. The summed E-state index contributed by atoms with van der Waals surface area (Å²) in [5.74, 6) is 5.14. The lowest BCUT2D eigenvalue weighted by Crippen LogP contribution is -2.40. The van der Waals surface area contributed by atoms with Gasteiger partial charge >= 0.3 is 0 Å². The minimum atomic E-state index is -0.102. The van der Waals surface area contributed by atoms with E-state index in [4.69, 9.17) is 16.4 Å². The van der Waals surface area contributed by atoms with Gasteiger partial charge in [0.15, 0.2) is 0 Å². The molecule has 1 N–H and O–H groups in total. The first-order chi connectivity index (χ1) is 69.3. The molecule has 6 nitrogen and oxygen atoms in total. The molecule has 3 atom stereocenters. The summed E-state index contributed by atoms with van der Waals surface area (Å²) >= 11 is 0. The summed E-state index contributed by atoms with van der Waals surface area (Å²) in [6.07, 6.45) is 14.9. The summed E-state index contributed by atoms with van der Waals surface area (Å²) in [7, 11) is 0. The molecule has 24 aromatic rings. The first-order valence-electron chi connectivity index (χ1n) is 48.1. The van der Waals surface area contributed by atoms with Gasteiger partial charge < -0.3 is 10.2 Å². The van der Waals surface area contributed by atoms with E-state index in [1.54, 1.807) is 0 Å². The van der Waals surface area contributed by atoms with E-state index < -0.39 is 0 Å². The molecule has 0 fully saturated rings. The molecular weight excluding hydrogens is 1690 g/mol. The summed E-state index contributed by atoms with van der Waals surface area (Å²) in [4.78, 5) is 12.5. The third-order valence-electron chi connectivity index (χ3n) is 28.4. The van der Waals surface area contributed by atoms with Crippen molar-refractivity contribution in [3.05, 3.63) is 548 Å². The Hall–Kier alpha value is -18.3. The monoisotopic (exact) mass is 1780 g/mol. The fraction of sp³-hybridized carbons (Fsp3) is 0.0299. The molecule has 0 bridgehead atoms. The van der Waals surface area contributed by atoms with Gasteiger partial charge in [0, 0.05) is 51.2 Å². The zero-order chi connectivity index (χ0) is 93.1. The van der Waals surface area contributed by atoms with Crippen LogP contribution in [-0.2, 0) is 0 Å². The van der Waals surface area contributed by atoms with E-state index in [1.807, 2.05) is 12.1 Å². The first-order valence-corrected chi connectivity index (χ1v) is 48.1. The molecule has 6 heteroatoms. The van der Waals surface area contributed by atoms with Crippen molar-refractivity contribution in [2.75, 3.05) is 10.2 Å². The molecule has 0 radical (unpaired) electrons. The van der Waals surface area contributed by atoms with Crippen LogP contribution < -0.4 is 20.7 Å². The minimum Gasteiger partial charge on any atom is -0.359 e. The summed E-state index contributed by atoms with van der Waals surface area (Å²) in [6, 6.07) is 175. The summed E-state index contributed by atoms with van der Waals surface area (Å²) in [5.41, 5.74) is 30.2. The van der Waals surface area contributed by atoms with Crippen LogP contribution in [0.15, 0.2) is 510 Å². The zero-order valence-electron chi connectivity index (χ0n) is 77.0. The number of rotatable bonds is 13. The molecule has 0 spiro atoms. The van der Waals surface area contributed by atoms with E-state index in [-0.39, 0.29) is 18.0 Å². The lowest BCUT2D eigenvalue weighted by Gasteiger charge is -2.33. The Bertz CT molecular complexity index is 9130. The number of aromatic nitrogens is 4. The highest BCUT2D eigenvalue weighted by Gasteiger charge is 2.35. The second kappa shape index (κ2) is 35.8. The van der Waals surface area contributed by atoms with Gasteiger partial charge in [0.05, 0.1) is 33.8 Å². The molecule has 0 amide bonds. The Morgan fingerprint density at radius 3 is 1.19 bits per heavy atom. The van der Waals surface area contributed by atoms with Gasteiger partial charge in [-0.15, -0.1) is 6.42 Å². The van der Waals surface area contributed by atoms with Crippen LogP contribution in [0.1, 0.15) is 34.2 Å². The van der Waals surface area contributed by atoms with Crippen LogP contribution in [0.5, 0.6) is 0 Å². The van der Waals surface area contributed by atoms with Gasteiger partial charge in [-0.05, 0) is 256 Å². The van der Waals surface area contributed by atoms with Gasteiger partial charge in [-0.2, -0.15) is 0 Å². The highest BCUT2D eigenvalue weighted by atomic mass is 15.3. The summed E-state index contributed by atoms with van der Waals surface area (Å²) < 4.78 is 4.58. The van der Waals surface area contributed by atoms with Crippen LogP contribution >= 0.6 is 0 Å². The van der Waals surface area contributed by atoms with E-state index in [2.05, 4.69) is 530 Å². The van der Waals surface area contributed by atoms with Crippen LogP contribution in [0, 0.1) is 31.1 Å². The number of terminal acetylenes is 1. The average Bonchev–Trinajstić information content (AvgIpc) is 0.918. The molecule has 0 saturated carbocycles. The standard InChI is InChI=1S/C51H36N2.C45H30N2.C38H26N2/c1-4-17-37(18-5-1)49-50(38-19-6-2-7-20-38)53(51(52-49)39-21-8-3-9-22-39)42-32-30-36(31-33-42)47-43-24-12-14-26-45(43)48(46-27-15-13-25-44(46)47)41-29-28-35-16-10-11-23-40(35)34-41;1-2-30-23-26-42-41(27-30)46-45(47(42)36-17-4-3-5-18-36)35-16-12-15-33(29-35)43-37-19-8-10-21-39(37)44(40-22-11-9-20-38(40)43)34-25-24-31-13-6-7-14-32(31)28-34;1-25-39-35-16-8-9-17-36(35)40(25)30-22-20-27(21-23-30)37-31-12-4-6-14-33(31)38(34-15-7-5-13-32(34)37)29-19-18-26-10-2-3-11-28(26)24-29/h1-34,43,45H;1,3-29,45-46H;2-24H,1H3. The maximum atomic E-state index is 5.79. The number of hydrogen-bond acceptors (Lipinski definition) is 4. The van der Waals surface area contributed by atoms with Crippen molar-refractivity contribution < 1.29 is 0 Å². The Balaban J connectivity index is 0.000000112. The number of allylic oxidation sites excluding steroid dienone is 4. The van der Waals surface area contributed by atoms with Gasteiger partial charge in [0.2, 0.25) is 0 Å². The molecule has 22 aromatic carbocycles. The smallest absolute Gasteiger partial charge is 0.145 e. The third kappa shape index (κ3) is 15.0. The van der Waals surface area contributed by atoms with Crippen LogP contribution in [0.25, 0.3) is 187 Å². The SMILES string of the molecule is C#Cc1ccc2c(c1)NC(c1cccc(-c3c4ccccc4c(-c4ccc5ccccc5c4)c4ccccc34)c1)N2c1ccccc1.C1=CC2C(c3ccc(-n4c(-c5ccccc5)nc(-c5ccccc5)c4-c4ccccc4)cc3)=c3ccccc3=C(c3ccc4ccccc4c3)C2C=C1.Cc1nc2ccccc2n1-c1ccc(-c2c3ccccc3c(-c3ccc4ccccc4c3)c3ccccc23)cc1. The van der Waals surface area contributed by atoms with Crippen molar-refractivity contribution >= 4 is 115 Å². The summed E-state index contributed by atoms with van der Waals surface area (Å²) in [5, 5.41) is 24.0. The predicted molar refractivity (Wildman–Crippen MR) is 588 cm³/mol. The maximum absolute atomic E-state index is 5.79. The van der Waals surface area contributed by atoms with Gasteiger partial charge in [-0.3, -0.25) is 9.13 Å². The molecule has 3 unspecified atom stereocenters. The molecular formula is C134H92N6. The Labute approximate surface area is 813 Å². The first kappa shape index (κ1) is 83.5. The fourth-order valence-electron chi connectivity index (χ4n) is 22.1. The molecule has 3 aliphatic rings. The average molecular weight is 1790 g/mol. The third-order valence-corrected chi connectivity index (χ3v) is 28.4. The molecule has 140 heavy (non-hydrogen) atoms. The predicted octanol–water partition coefficient (Wildman–Crippen LogP) is 32.6. The van der Waals surface area contributed by atoms with Crippen molar-refractivity contribution in [2.24, 2.45) is 11.8 Å². The number of nitrogens with one attached hydrogen (secondary N) is 1. The van der Waals surface area contributed by atoms with Crippen LogP contribution in [0.2, 0.25) is 0 Å². The molecule has 658 valence electrons. The van der Waals surface area contributed by atoms with Crippen molar-refractivity contribution in [3.63, 3.8) is 0 Å². The lowest BCUT2D eigenvalue weighted by molar-refractivity contribution is 0.686. The van der Waals surface area contributed by atoms with Crippen LogP contribution in [-0.4, -0.2) is 19.1 Å². The van der Waals surface area contributed by atoms with E-state index >= 15 is 0 Å². The quantitative estimate of drug-likeness (QED) is 0.0923. The normalized spacial score (nSPS) is 14.1. The van der Waals surface area contributed by atoms with Gasteiger partial charge in [-0.1, -0.05) is 425 Å². The van der Waals surface area contributed by atoms with Gasteiger partial charge in [0.25, 0.3) is 0 Å². The number of imidazole rings is 2. The van der Waals surface area contributed by atoms with Crippen molar-refractivity contribution in [3.8, 4) is 102 Å². The van der Waals surface area contributed by atoms with Crippen LogP contribution in [0.4, 0.5) is 17.1 Å². The Morgan fingerprint density at radius 1 is 0.286 bits per heavy atom. The van der Waals surface area contributed by atoms with Gasteiger partial charge in [-0.25, -0.2) is 9.97 Å². The largest absolute Gasteiger partial charge is 0.359 e.